The average molecular weight is 396 g/mol. The molecular weight excluding hydrogens is 379 g/mol. The molecular formula is C19H17FN6OS. The molecule has 4 aromatic rings. The third kappa shape index (κ3) is 3.99. The van der Waals surface area contributed by atoms with Gasteiger partial charge in [-0.15, -0.1) is 10.2 Å². The van der Waals surface area contributed by atoms with Gasteiger partial charge in [-0.05, 0) is 30.7 Å². The number of urea groups is 1. The summed E-state index contributed by atoms with van der Waals surface area (Å²) in [4.78, 5) is 19.9. The number of hydrogen-bond donors (Lipinski definition) is 3. The summed E-state index contributed by atoms with van der Waals surface area (Å²) in [6, 6.07) is 13.4. The van der Waals surface area contributed by atoms with E-state index in [2.05, 4.69) is 30.8 Å². The summed E-state index contributed by atoms with van der Waals surface area (Å²) in [5.41, 5.74) is 2.29. The molecule has 0 aliphatic carbocycles. The maximum absolute atomic E-state index is 13.7. The van der Waals surface area contributed by atoms with E-state index in [1.54, 1.807) is 18.2 Å². The van der Waals surface area contributed by atoms with Gasteiger partial charge in [0.15, 0.2) is 0 Å². The van der Waals surface area contributed by atoms with Gasteiger partial charge in [-0.25, -0.2) is 14.2 Å². The molecule has 0 bridgehead atoms. The number of aromatic amines is 1. The van der Waals surface area contributed by atoms with Crippen molar-refractivity contribution in [3.05, 3.63) is 70.7 Å². The van der Waals surface area contributed by atoms with Crippen LogP contribution in [0.4, 0.5) is 14.3 Å². The molecule has 9 heteroatoms. The number of H-pyrrole nitrogens is 1. The molecule has 2 aromatic carbocycles. The molecule has 0 radical (unpaired) electrons. The van der Waals surface area contributed by atoms with E-state index in [0.717, 1.165) is 11.0 Å². The number of carbonyl (C=O) groups excluding carboxylic acids is 1. The number of rotatable bonds is 5. The van der Waals surface area contributed by atoms with E-state index in [9.17, 15) is 9.18 Å². The lowest BCUT2D eigenvalue weighted by Gasteiger charge is -2.10. The summed E-state index contributed by atoms with van der Waals surface area (Å²) in [5, 5.41) is 14.4. The van der Waals surface area contributed by atoms with E-state index < -0.39 is 6.03 Å². The monoisotopic (exact) mass is 396 g/mol. The molecule has 2 aromatic heterocycles. The van der Waals surface area contributed by atoms with Gasteiger partial charge in [0.05, 0.1) is 17.1 Å². The first-order chi connectivity index (χ1) is 13.6. The van der Waals surface area contributed by atoms with Gasteiger partial charge in [-0.1, -0.05) is 41.7 Å². The predicted molar refractivity (Wildman–Crippen MR) is 106 cm³/mol. The van der Waals surface area contributed by atoms with Crippen LogP contribution >= 0.6 is 11.3 Å². The smallest absolute Gasteiger partial charge is 0.321 e. The summed E-state index contributed by atoms with van der Waals surface area (Å²) in [7, 11) is 0. The molecule has 7 nitrogen and oxygen atoms in total. The van der Waals surface area contributed by atoms with E-state index >= 15 is 0 Å². The molecule has 0 spiro atoms. The van der Waals surface area contributed by atoms with Crippen LogP contribution in [-0.4, -0.2) is 26.2 Å². The minimum absolute atomic E-state index is 0.287. The van der Waals surface area contributed by atoms with Crippen LogP contribution < -0.4 is 10.6 Å². The number of hydrogen-bond acceptors (Lipinski definition) is 5. The highest BCUT2D eigenvalue weighted by atomic mass is 32.1. The normalized spacial score (nSPS) is 12.1. The van der Waals surface area contributed by atoms with Crippen molar-refractivity contribution in [2.45, 2.75) is 19.4 Å². The molecule has 0 aliphatic rings. The second-order valence-electron chi connectivity index (χ2n) is 6.23. The summed E-state index contributed by atoms with van der Waals surface area (Å²) in [6.07, 6.45) is 0.322. The fourth-order valence-electron chi connectivity index (χ4n) is 2.76. The van der Waals surface area contributed by atoms with Gasteiger partial charge in [0, 0.05) is 6.42 Å². The molecule has 0 saturated carbocycles. The highest BCUT2D eigenvalue weighted by Crippen LogP contribution is 2.20. The quantitative estimate of drug-likeness (QED) is 0.475. The number of aromatic nitrogens is 4. The zero-order valence-electron chi connectivity index (χ0n) is 14.9. The summed E-state index contributed by atoms with van der Waals surface area (Å²) < 4.78 is 13.7. The van der Waals surface area contributed by atoms with Gasteiger partial charge in [-0.2, -0.15) is 0 Å². The van der Waals surface area contributed by atoms with Crippen molar-refractivity contribution >= 4 is 33.5 Å². The summed E-state index contributed by atoms with van der Waals surface area (Å²) in [6.45, 7) is 1.83. The number of carbonyl (C=O) groups is 1. The number of amides is 2. The van der Waals surface area contributed by atoms with Crippen LogP contribution in [0, 0.1) is 5.82 Å². The van der Waals surface area contributed by atoms with E-state index in [-0.39, 0.29) is 11.9 Å². The second-order valence-corrected chi connectivity index (χ2v) is 7.29. The third-order valence-corrected chi connectivity index (χ3v) is 4.99. The Labute approximate surface area is 164 Å². The van der Waals surface area contributed by atoms with E-state index in [1.807, 2.05) is 31.2 Å². The Morgan fingerprint density at radius 3 is 2.79 bits per heavy atom. The maximum Gasteiger partial charge on any atom is 0.321 e. The molecule has 2 heterocycles. The van der Waals surface area contributed by atoms with Crippen LogP contribution in [0.3, 0.4) is 0 Å². The molecule has 28 heavy (non-hydrogen) atoms. The zero-order chi connectivity index (χ0) is 19.5. The molecule has 0 aliphatic heterocycles. The van der Waals surface area contributed by atoms with Gasteiger partial charge in [-0.3, -0.25) is 5.32 Å². The van der Waals surface area contributed by atoms with Crippen molar-refractivity contribution in [2.24, 2.45) is 0 Å². The predicted octanol–water partition coefficient (Wildman–Crippen LogP) is 4.03. The van der Waals surface area contributed by atoms with E-state index in [4.69, 9.17) is 0 Å². The first-order valence-corrected chi connectivity index (χ1v) is 9.48. The maximum atomic E-state index is 13.7. The molecule has 1 atom stereocenters. The van der Waals surface area contributed by atoms with Gasteiger partial charge >= 0.3 is 6.03 Å². The Morgan fingerprint density at radius 2 is 1.96 bits per heavy atom. The number of halogens is 1. The Bertz CT molecular complexity index is 1090. The fraction of sp³-hybridized carbons (Fsp3) is 0.158. The molecule has 2 amide bonds. The van der Waals surface area contributed by atoms with Crippen LogP contribution in [0.5, 0.6) is 0 Å². The topological polar surface area (TPSA) is 95.6 Å². The molecule has 3 N–H and O–H groups in total. The zero-order valence-corrected chi connectivity index (χ0v) is 15.8. The van der Waals surface area contributed by atoms with Crippen molar-refractivity contribution in [3.63, 3.8) is 0 Å². The SMILES string of the molecule is CC(NC(=O)Nc1nnc(Cc2ccccc2F)s1)c1nc2ccccc2[nH]1. The van der Waals surface area contributed by atoms with Crippen molar-refractivity contribution in [1.29, 1.82) is 0 Å². The van der Waals surface area contributed by atoms with Crippen LogP contribution in [0.2, 0.25) is 0 Å². The Balaban J connectivity index is 1.37. The van der Waals surface area contributed by atoms with Crippen molar-refractivity contribution in [3.8, 4) is 0 Å². The fourth-order valence-corrected chi connectivity index (χ4v) is 3.51. The highest BCUT2D eigenvalue weighted by molar-refractivity contribution is 7.15. The molecule has 0 saturated heterocycles. The molecule has 1 unspecified atom stereocenters. The second kappa shape index (κ2) is 7.73. The number of para-hydroxylation sites is 2. The minimum Gasteiger partial charge on any atom is -0.340 e. The first-order valence-electron chi connectivity index (χ1n) is 8.66. The van der Waals surface area contributed by atoms with Crippen LogP contribution in [0.15, 0.2) is 48.5 Å². The number of imidazole rings is 1. The Hall–Kier alpha value is -3.33. The average Bonchev–Trinajstić information content (AvgIpc) is 3.30. The summed E-state index contributed by atoms with van der Waals surface area (Å²) in [5.74, 6) is 0.374. The van der Waals surface area contributed by atoms with Gasteiger partial charge in [0.1, 0.15) is 16.6 Å². The molecule has 142 valence electrons. The van der Waals surface area contributed by atoms with Crippen molar-refractivity contribution in [1.82, 2.24) is 25.5 Å². The highest BCUT2D eigenvalue weighted by Gasteiger charge is 2.15. The number of nitrogens with one attached hydrogen (secondary N) is 3. The lowest BCUT2D eigenvalue weighted by atomic mass is 10.1. The standard InChI is InChI=1S/C19H17FN6OS/c1-11(17-22-14-8-4-5-9-15(14)23-17)21-18(27)24-19-26-25-16(28-19)10-12-6-2-3-7-13(12)20/h2-9,11H,10H2,1H3,(H,22,23)(H2,21,24,26,27). The number of nitrogens with zero attached hydrogens (tertiary/aromatic N) is 3. The van der Waals surface area contributed by atoms with Gasteiger partial charge in [0.25, 0.3) is 0 Å². The van der Waals surface area contributed by atoms with Crippen LogP contribution in [0.1, 0.15) is 29.4 Å². The lowest BCUT2D eigenvalue weighted by Crippen LogP contribution is -2.31. The number of benzene rings is 2. The Kier molecular flexibility index (Phi) is 4.98. The van der Waals surface area contributed by atoms with Crippen LogP contribution in [0.25, 0.3) is 11.0 Å². The molecule has 0 fully saturated rings. The molecule has 4 rings (SSSR count). The van der Waals surface area contributed by atoms with Gasteiger partial charge < -0.3 is 10.3 Å². The van der Waals surface area contributed by atoms with Crippen LogP contribution in [-0.2, 0) is 6.42 Å². The first kappa shape index (κ1) is 18.1. The van der Waals surface area contributed by atoms with E-state index in [0.29, 0.717) is 27.9 Å². The van der Waals surface area contributed by atoms with E-state index in [1.165, 1.54) is 17.4 Å². The minimum atomic E-state index is -0.415. The largest absolute Gasteiger partial charge is 0.340 e. The third-order valence-electron chi connectivity index (χ3n) is 4.15. The van der Waals surface area contributed by atoms with Gasteiger partial charge in [0.2, 0.25) is 5.13 Å². The number of fused-ring (bicyclic) bond motifs is 1. The Morgan fingerprint density at radius 1 is 1.18 bits per heavy atom. The lowest BCUT2D eigenvalue weighted by molar-refractivity contribution is 0.249. The van der Waals surface area contributed by atoms with Crippen molar-refractivity contribution in [2.75, 3.05) is 5.32 Å². The number of anilines is 1. The summed E-state index contributed by atoms with van der Waals surface area (Å²) >= 11 is 1.21. The van der Waals surface area contributed by atoms with Crippen molar-refractivity contribution < 1.29 is 9.18 Å².